The average Bonchev–Trinajstić information content (AvgIpc) is 2.72. The van der Waals surface area contributed by atoms with Crippen LogP contribution in [-0.2, 0) is 17.8 Å². The summed E-state index contributed by atoms with van der Waals surface area (Å²) in [6, 6.07) is 16.2. The van der Waals surface area contributed by atoms with E-state index in [-0.39, 0.29) is 36.4 Å². The molecule has 0 saturated carbocycles. The number of ether oxygens (including phenoxy) is 1. The lowest BCUT2D eigenvalue weighted by molar-refractivity contribution is -0.119. The van der Waals surface area contributed by atoms with E-state index in [2.05, 4.69) is 33.1 Å². The van der Waals surface area contributed by atoms with Gasteiger partial charge in [-0.2, -0.15) is 0 Å². The highest BCUT2D eigenvalue weighted by Gasteiger charge is 2.06. The van der Waals surface area contributed by atoms with Crippen LogP contribution in [0.25, 0.3) is 0 Å². The van der Waals surface area contributed by atoms with Gasteiger partial charge in [0.2, 0.25) is 5.91 Å². The van der Waals surface area contributed by atoms with Gasteiger partial charge in [-0.15, -0.1) is 24.0 Å². The number of nitrogens with one attached hydrogen (secondary N) is 3. The second kappa shape index (κ2) is 14.7. The van der Waals surface area contributed by atoms with Gasteiger partial charge in [-0.3, -0.25) is 4.79 Å². The second-order valence-corrected chi connectivity index (χ2v) is 6.68. The first kappa shape index (κ1) is 25.7. The Morgan fingerprint density at radius 1 is 1.03 bits per heavy atom. The number of rotatable bonds is 10. The summed E-state index contributed by atoms with van der Waals surface area (Å²) in [5.41, 5.74) is 3.37. The fourth-order valence-corrected chi connectivity index (χ4v) is 2.81. The van der Waals surface area contributed by atoms with Crippen LogP contribution >= 0.6 is 24.0 Å². The number of aliphatic imine (C=N–C) groups is 1. The van der Waals surface area contributed by atoms with Crippen molar-refractivity contribution in [3.63, 3.8) is 0 Å². The molecule has 0 aliphatic carbocycles. The highest BCUT2D eigenvalue weighted by atomic mass is 127. The summed E-state index contributed by atoms with van der Waals surface area (Å²) in [6.45, 7) is 8.59. The predicted octanol–water partition coefficient (Wildman–Crippen LogP) is 3.43. The van der Waals surface area contributed by atoms with Crippen LogP contribution in [0.4, 0.5) is 0 Å². The Kier molecular flexibility index (Phi) is 12.6. The summed E-state index contributed by atoms with van der Waals surface area (Å²) < 4.78 is 5.71. The third kappa shape index (κ3) is 9.47. The van der Waals surface area contributed by atoms with Crippen molar-refractivity contribution in [2.75, 3.05) is 26.2 Å². The number of carbonyl (C=O) groups is 1. The van der Waals surface area contributed by atoms with Crippen LogP contribution in [0.5, 0.6) is 5.75 Å². The first-order valence-electron chi connectivity index (χ1n) is 10.2. The fraction of sp³-hybridized carbons (Fsp3) is 0.391. The van der Waals surface area contributed by atoms with Crippen molar-refractivity contribution < 1.29 is 9.53 Å². The van der Waals surface area contributed by atoms with Crippen molar-refractivity contribution in [2.24, 2.45) is 4.99 Å². The van der Waals surface area contributed by atoms with E-state index in [9.17, 15) is 4.79 Å². The Balaban J connectivity index is 0.00000450. The SMILES string of the molecule is CCNC(=NCc1ccc(C)cc1OCC)NCC(=O)NCCc1ccccc1.I. The molecule has 0 fully saturated rings. The Morgan fingerprint density at radius 2 is 1.80 bits per heavy atom. The van der Waals surface area contributed by atoms with Crippen molar-refractivity contribution >= 4 is 35.8 Å². The van der Waals surface area contributed by atoms with Crippen LogP contribution < -0.4 is 20.7 Å². The Hall–Kier alpha value is -2.29. The van der Waals surface area contributed by atoms with Gasteiger partial charge in [0.1, 0.15) is 5.75 Å². The molecule has 0 radical (unpaired) electrons. The minimum atomic E-state index is -0.0584. The van der Waals surface area contributed by atoms with Crippen molar-refractivity contribution in [3.05, 3.63) is 65.2 Å². The first-order chi connectivity index (χ1) is 14.1. The summed E-state index contributed by atoms with van der Waals surface area (Å²) >= 11 is 0. The summed E-state index contributed by atoms with van der Waals surface area (Å²) in [5, 5.41) is 9.19. The molecule has 2 aromatic rings. The summed E-state index contributed by atoms with van der Waals surface area (Å²) in [4.78, 5) is 16.7. The van der Waals surface area contributed by atoms with Crippen molar-refractivity contribution in [2.45, 2.75) is 33.7 Å². The zero-order valence-electron chi connectivity index (χ0n) is 18.0. The maximum atomic E-state index is 12.1. The number of guanidine groups is 1. The van der Waals surface area contributed by atoms with E-state index >= 15 is 0 Å². The molecule has 0 atom stereocenters. The normalized spacial score (nSPS) is 10.7. The lowest BCUT2D eigenvalue weighted by atomic mass is 10.1. The van der Waals surface area contributed by atoms with Crippen molar-refractivity contribution in [1.82, 2.24) is 16.0 Å². The van der Waals surface area contributed by atoms with Crippen LogP contribution in [0.1, 0.15) is 30.5 Å². The van der Waals surface area contributed by atoms with Crippen molar-refractivity contribution in [3.8, 4) is 5.75 Å². The Labute approximate surface area is 196 Å². The molecule has 0 aliphatic heterocycles. The minimum Gasteiger partial charge on any atom is -0.494 e. The van der Waals surface area contributed by atoms with Crippen LogP contribution in [0.2, 0.25) is 0 Å². The number of carbonyl (C=O) groups excluding carboxylic acids is 1. The van der Waals surface area contributed by atoms with E-state index in [0.29, 0.717) is 32.2 Å². The molecule has 3 N–H and O–H groups in total. The molecule has 30 heavy (non-hydrogen) atoms. The molecule has 1 amide bonds. The molecule has 0 bridgehead atoms. The van der Waals surface area contributed by atoms with Crippen LogP contribution in [0, 0.1) is 6.92 Å². The number of halogens is 1. The molecule has 2 rings (SSSR count). The number of amides is 1. The zero-order valence-corrected chi connectivity index (χ0v) is 20.4. The summed E-state index contributed by atoms with van der Waals surface area (Å²) in [6.07, 6.45) is 0.814. The fourth-order valence-electron chi connectivity index (χ4n) is 2.81. The van der Waals surface area contributed by atoms with Crippen LogP contribution in [-0.4, -0.2) is 38.1 Å². The van der Waals surface area contributed by atoms with Crippen LogP contribution in [0.3, 0.4) is 0 Å². The highest BCUT2D eigenvalue weighted by molar-refractivity contribution is 14.0. The lowest BCUT2D eigenvalue weighted by Crippen LogP contribution is -2.43. The van der Waals surface area contributed by atoms with E-state index in [1.165, 1.54) is 5.56 Å². The molecule has 0 spiro atoms. The van der Waals surface area contributed by atoms with Gasteiger partial charge in [0.05, 0.1) is 19.7 Å². The van der Waals surface area contributed by atoms with Gasteiger partial charge in [0, 0.05) is 18.7 Å². The topological polar surface area (TPSA) is 74.8 Å². The molecule has 0 aliphatic rings. The quantitative estimate of drug-likeness (QED) is 0.253. The van der Waals surface area contributed by atoms with Crippen LogP contribution in [0.15, 0.2) is 53.5 Å². The van der Waals surface area contributed by atoms with Gasteiger partial charge in [-0.05, 0) is 44.4 Å². The molecule has 0 unspecified atom stereocenters. The standard InChI is InChI=1S/C23H32N4O2.HI/c1-4-24-23(26-16-20-12-11-18(3)15-21(20)29-5-2)27-17-22(28)25-14-13-19-9-7-6-8-10-19;/h6-12,15H,4-5,13-14,16-17H2,1-3H3,(H,25,28)(H2,24,26,27);1H. The van der Waals surface area contributed by atoms with Gasteiger partial charge in [-0.25, -0.2) is 4.99 Å². The van der Waals surface area contributed by atoms with E-state index in [1.807, 2.05) is 57.2 Å². The Bertz CT molecular complexity index is 797. The zero-order chi connectivity index (χ0) is 20.9. The van der Waals surface area contributed by atoms with Gasteiger partial charge >= 0.3 is 0 Å². The highest BCUT2D eigenvalue weighted by Crippen LogP contribution is 2.21. The molecule has 0 heterocycles. The Morgan fingerprint density at radius 3 is 2.50 bits per heavy atom. The number of aryl methyl sites for hydroxylation is 1. The largest absolute Gasteiger partial charge is 0.494 e. The van der Waals surface area contributed by atoms with Gasteiger partial charge in [-0.1, -0.05) is 42.5 Å². The average molecular weight is 524 g/mol. The second-order valence-electron chi connectivity index (χ2n) is 6.68. The molecular weight excluding hydrogens is 491 g/mol. The van der Waals surface area contributed by atoms with Gasteiger partial charge in [0.15, 0.2) is 5.96 Å². The lowest BCUT2D eigenvalue weighted by Gasteiger charge is -2.13. The van der Waals surface area contributed by atoms with Crippen molar-refractivity contribution in [1.29, 1.82) is 0 Å². The maximum absolute atomic E-state index is 12.1. The molecule has 6 nitrogen and oxygen atoms in total. The van der Waals surface area contributed by atoms with E-state index in [1.54, 1.807) is 0 Å². The third-order valence-electron chi connectivity index (χ3n) is 4.27. The molecule has 2 aromatic carbocycles. The smallest absolute Gasteiger partial charge is 0.239 e. The van der Waals surface area contributed by atoms with Gasteiger partial charge < -0.3 is 20.7 Å². The molecule has 7 heteroatoms. The third-order valence-corrected chi connectivity index (χ3v) is 4.27. The predicted molar refractivity (Wildman–Crippen MR) is 134 cm³/mol. The molecule has 0 aromatic heterocycles. The molecule has 164 valence electrons. The summed E-state index contributed by atoms with van der Waals surface area (Å²) in [5.74, 6) is 1.40. The van der Waals surface area contributed by atoms with E-state index < -0.39 is 0 Å². The molecule has 0 saturated heterocycles. The number of nitrogens with zero attached hydrogens (tertiary/aromatic N) is 1. The minimum absolute atomic E-state index is 0. The molecular formula is C23H33IN4O2. The number of hydrogen-bond donors (Lipinski definition) is 3. The van der Waals surface area contributed by atoms with E-state index in [4.69, 9.17) is 4.74 Å². The number of hydrogen-bond acceptors (Lipinski definition) is 3. The number of benzene rings is 2. The maximum Gasteiger partial charge on any atom is 0.239 e. The monoisotopic (exact) mass is 524 g/mol. The van der Waals surface area contributed by atoms with E-state index in [0.717, 1.165) is 23.3 Å². The summed E-state index contributed by atoms with van der Waals surface area (Å²) in [7, 11) is 0. The van der Waals surface area contributed by atoms with Gasteiger partial charge in [0.25, 0.3) is 0 Å². The first-order valence-corrected chi connectivity index (χ1v) is 10.2.